The minimum absolute atomic E-state index is 0.335. The average molecular weight is 314 g/mol. The topological polar surface area (TPSA) is 86.0 Å². The molecule has 8 nitrogen and oxygen atoms in total. The third-order valence-corrected chi connectivity index (χ3v) is 4.24. The van der Waals surface area contributed by atoms with Gasteiger partial charge in [-0.25, -0.2) is 0 Å². The van der Waals surface area contributed by atoms with Crippen molar-refractivity contribution in [1.29, 1.82) is 0 Å². The molecule has 0 bridgehead atoms. The van der Waals surface area contributed by atoms with E-state index in [9.17, 15) is 0 Å². The zero-order valence-corrected chi connectivity index (χ0v) is 12.9. The summed E-state index contributed by atoms with van der Waals surface area (Å²) in [5, 5.41) is 12.4. The van der Waals surface area contributed by atoms with Crippen molar-refractivity contribution in [1.82, 2.24) is 24.9 Å². The highest BCUT2D eigenvalue weighted by Gasteiger charge is 2.27. The lowest BCUT2D eigenvalue weighted by atomic mass is 9.97. The Morgan fingerprint density at radius 1 is 1.39 bits per heavy atom. The Hall–Kier alpha value is -2.64. The molecule has 0 radical (unpaired) electrons. The van der Waals surface area contributed by atoms with Crippen LogP contribution in [-0.2, 0) is 6.54 Å². The van der Waals surface area contributed by atoms with E-state index in [1.807, 2.05) is 0 Å². The lowest BCUT2D eigenvalue weighted by Gasteiger charge is -2.31. The number of hydrogen-bond donors (Lipinski definition) is 0. The molecule has 8 heteroatoms. The third kappa shape index (κ3) is 2.60. The van der Waals surface area contributed by atoms with E-state index >= 15 is 0 Å². The van der Waals surface area contributed by atoms with Crippen LogP contribution in [0.2, 0.25) is 0 Å². The first kappa shape index (κ1) is 14.0. The summed E-state index contributed by atoms with van der Waals surface area (Å²) in [6.45, 7) is 4.72. The summed E-state index contributed by atoms with van der Waals surface area (Å²) in [6.07, 6.45) is 7.14. The van der Waals surface area contributed by atoms with Gasteiger partial charge >= 0.3 is 0 Å². The molecule has 1 fully saturated rings. The molecule has 1 aliphatic heterocycles. The minimum atomic E-state index is 0.335. The second-order valence-corrected chi connectivity index (χ2v) is 5.67. The summed E-state index contributed by atoms with van der Waals surface area (Å²) < 4.78 is 12.5. The van der Waals surface area contributed by atoms with Gasteiger partial charge in [0.2, 0.25) is 0 Å². The standard InChI is InChI=1S/C15H18N6O2/c1-2-20-10-16-18-13(20)11-4-3-6-21(8-11)15-17-14(23-19-15)12-5-7-22-9-12/h5,7,9-11H,2-4,6,8H2,1H3/t11-/m1/s1. The van der Waals surface area contributed by atoms with E-state index in [0.717, 1.165) is 43.9 Å². The summed E-state index contributed by atoms with van der Waals surface area (Å²) in [6, 6.07) is 1.81. The second-order valence-electron chi connectivity index (χ2n) is 5.67. The van der Waals surface area contributed by atoms with Crippen molar-refractivity contribution in [2.75, 3.05) is 18.0 Å². The Labute approximate surface area is 133 Å². The van der Waals surface area contributed by atoms with Gasteiger partial charge < -0.3 is 18.4 Å². The number of piperidine rings is 1. The number of aromatic nitrogens is 5. The molecule has 0 N–H and O–H groups in total. The smallest absolute Gasteiger partial charge is 0.266 e. The first-order valence-electron chi connectivity index (χ1n) is 7.84. The van der Waals surface area contributed by atoms with Crippen molar-refractivity contribution < 1.29 is 8.94 Å². The SMILES string of the molecule is CCn1cnnc1[C@@H]1CCCN(c2noc(-c3ccoc3)n2)C1. The molecule has 1 atom stereocenters. The van der Waals surface area contributed by atoms with Gasteiger partial charge in [-0.3, -0.25) is 0 Å². The molecule has 0 saturated carbocycles. The molecule has 23 heavy (non-hydrogen) atoms. The lowest BCUT2D eigenvalue weighted by Crippen LogP contribution is -2.36. The molecule has 1 aliphatic rings. The van der Waals surface area contributed by atoms with Crippen molar-refractivity contribution in [3.63, 3.8) is 0 Å². The molecule has 3 aromatic rings. The highest BCUT2D eigenvalue weighted by Crippen LogP contribution is 2.29. The lowest BCUT2D eigenvalue weighted by molar-refractivity contribution is 0.419. The summed E-state index contributed by atoms with van der Waals surface area (Å²) >= 11 is 0. The van der Waals surface area contributed by atoms with E-state index in [2.05, 4.69) is 36.7 Å². The highest BCUT2D eigenvalue weighted by molar-refractivity contribution is 5.52. The van der Waals surface area contributed by atoms with Crippen LogP contribution in [0, 0.1) is 0 Å². The van der Waals surface area contributed by atoms with Gasteiger partial charge in [0, 0.05) is 25.6 Å². The van der Waals surface area contributed by atoms with Crippen LogP contribution in [0.3, 0.4) is 0 Å². The second kappa shape index (κ2) is 5.86. The Balaban J connectivity index is 1.53. The van der Waals surface area contributed by atoms with Gasteiger partial charge in [0.15, 0.2) is 0 Å². The van der Waals surface area contributed by atoms with Gasteiger partial charge in [0.1, 0.15) is 18.4 Å². The number of anilines is 1. The molecular weight excluding hydrogens is 296 g/mol. The minimum Gasteiger partial charge on any atom is -0.472 e. The molecule has 0 aromatic carbocycles. The molecule has 120 valence electrons. The summed E-state index contributed by atoms with van der Waals surface area (Å²) in [4.78, 5) is 6.63. The molecule has 3 aromatic heterocycles. The number of aryl methyl sites for hydroxylation is 1. The highest BCUT2D eigenvalue weighted by atomic mass is 16.5. The summed E-state index contributed by atoms with van der Waals surface area (Å²) in [5.74, 6) is 2.47. The fourth-order valence-electron chi connectivity index (χ4n) is 3.04. The van der Waals surface area contributed by atoms with Gasteiger partial charge in [0.25, 0.3) is 11.8 Å². The number of nitrogens with zero attached hydrogens (tertiary/aromatic N) is 6. The van der Waals surface area contributed by atoms with Gasteiger partial charge in [-0.05, 0) is 31.0 Å². The van der Waals surface area contributed by atoms with Crippen LogP contribution in [0.1, 0.15) is 31.5 Å². The van der Waals surface area contributed by atoms with Crippen molar-refractivity contribution >= 4 is 5.95 Å². The van der Waals surface area contributed by atoms with Gasteiger partial charge in [-0.1, -0.05) is 0 Å². The maximum Gasteiger partial charge on any atom is 0.266 e. The normalized spacial score (nSPS) is 18.5. The summed E-state index contributed by atoms with van der Waals surface area (Å²) in [5.41, 5.74) is 0.794. The largest absolute Gasteiger partial charge is 0.472 e. The van der Waals surface area contributed by atoms with Gasteiger partial charge in [-0.15, -0.1) is 10.2 Å². The Bertz CT molecular complexity index is 763. The Kier molecular flexibility index (Phi) is 3.57. The van der Waals surface area contributed by atoms with E-state index in [1.54, 1.807) is 24.9 Å². The first-order chi connectivity index (χ1) is 11.3. The molecule has 4 heterocycles. The summed E-state index contributed by atoms with van der Waals surface area (Å²) in [7, 11) is 0. The predicted molar refractivity (Wildman–Crippen MR) is 81.9 cm³/mol. The maximum absolute atomic E-state index is 5.34. The number of furan rings is 1. The van der Waals surface area contributed by atoms with Crippen molar-refractivity contribution in [2.45, 2.75) is 32.2 Å². The molecule has 1 saturated heterocycles. The van der Waals surface area contributed by atoms with Crippen LogP contribution in [0.15, 0.2) is 33.9 Å². The molecule has 4 rings (SSSR count). The fraction of sp³-hybridized carbons (Fsp3) is 0.467. The average Bonchev–Trinajstić information content (AvgIpc) is 3.34. The van der Waals surface area contributed by atoms with Crippen LogP contribution in [-0.4, -0.2) is 38.0 Å². The van der Waals surface area contributed by atoms with Gasteiger partial charge in [-0.2, -0.15) is 4.98 Å². The first-order valence-corrected chi connectivity index (χ1v) is 7.84. The zero-order valence-electron chi connectivity index (χ0n) is 12.9. The predicted octanol–water partition coefficient (Wildman–Crippen LogP) is 2.33. The van der Waals surface area contributed by atoms with Crippen molar-refractivity contribution in [3.05, 3.63) is 30.7 Å². The number of rotatable bonds is 4. The van der Waals surface area contributed by atoms with E-state index in [1.165, 1.54) is 0 Å². The zero-order chi connectivity index (χ0) is 15.6. The van der Waals surface area contributed by atoms with E-state index in [-0.39, 0.29) is 0 Å². The maximum atomic E-state index is 5.34. The van der Waals surface area contributed by atoms with Gasteiger partial charge in [0.05, 0.1) is 11.8 Å². The van der Waals surface area contributed by atoms with Crippen LogP contribution in [0.25, 0.3) is 11.5 Å². The Morgan fingerprint density at radius 2 is 2.35 bits per heavy atom. The molecule has 0 unspecified atom stereocenters. The number of hydrogen-bond acceptors (Lipinski definition) is 7. The quantitative estimate of drug-likeness (QED) is 0.730. The molecular formula is C15H18N6O2. The van der Waals surface area contributed by atoms with E-state index < -0.39 is 0 Å². The molecule has 0 amide bonds. The van der Waals surface area contributed by atoms with Crippen molar-refractivity contribution in [3.8, 4) is 11.5 Å². The Morgan fingerprint density at radius 3 is 3.17 bits per heavy atom. The van der Waals surface area contributed by atoms with E-state index in [0.29, 0.717) is 17.8 Å². The van der Waals surface area contributed by atoms with Crippen LogP contribution < -0.4 is 4.90 Å². The van der Waals surface area contributed by atoms with E-state index in [4.69, 9.17) is 8.94 Å². The van der Waals surface area contributed by atoms with Crippen LogP contribution in [0.5, 0.6) is 0 Å². The third-order valence-electron chi connectivity index (χ3n) is 4.24. The monoisotopic (exact) mass is 314 g/mol. The van der Waals surface area contributed by atoms with Crippen LogP contribution >= 0.6 is 0 Å². The van der Waals surface area contributed by atoms with Crippen molar-refractivity contribution in [2.24, 2.45) is 0 Å². The van der Waals surface area contributed by atoms with Crippen LogP contribution in [0.4, 0.5) is 5.95 Å². The fourth-order valence-corrected chi connectivity index (χ4v) is 3.04. The molecule has 0 aliphatic carbocycles. The molecule has 0 spiro atoms.